The quantitative estimate of drug-likeness (QED) is 0.345. The van der Waals surface area contributed by atoms with E-state index in [0.717, 1.165) is 28.9 Å². The van der Waals surface area contributed by atoms with E-state index in [0.29, 0.717) is 25.3 Å². The van der Waals surface area contributed by atoms with E-state index >= 15 is 0 Å². The van der Waals surface area contributed by atoms with Crippen molar-refractivity contribution in [1.82, 2.24) is 4.98 Å². The highest BCUT2D eigenvalue weighted by Gasteiger charge is 2.31. The van der Waals surface area contributed by atoms with E-state index in [-0.39, 0.29) is 5.75 Å². The maximum Gasteiger partial charge on any atom is 0.573 e. The molecule has 0 spiro atoms. The molecule has 9 heteroatoms. The molecule has 0 bridgehead atoms. The number of carboxylic acid groups (broad SMARTS) is 1. The molecule has 3 aromatic rings. The minimum absolute atomic E-state index is 0.267. The first-order valence-corrected chi connectivity index (χ1v) is 11.5. The molecule has 0 saturated heterocycles. The molecule has 0 saturated carbocycles. The van der Waals surface area contributed by atoms with E-state index < -0.39 is 17.9 Å². The van der Waals surface area contributed by atoms with Crippen LogP contribution in [0.15, 0.2) is 66.9 Å². The Morgan fingerprint density at radius 1 is 0.889 bits per heavy atom. The smallest absolute Gasteiger partial charge is 0.478 e. The third-order valence-corrected chi connectivity index (χ3v) is 5.55. The molecule has 0 atom stereocenters. The minimum atomic E-state index is -4.73. The molecule has 192 valence electrons. The van der Waals surface area contributed by atoms with Gasteiger partial charge in [-0.1, -0.05) is 37.3 Å². The number of aliphatic carboxylic acids is 1. The highest BCUT2D eigenvalue weighted by atomic mass is 19.4. The van der Waals surface area contributed by atoms with Crippen molar-refractivity contribution in [2.24, 2.45) is 0 Å². The summed E-state index contributed by atoms with van der Waals surface area (Å²) in [6.07, 6.45) is -1.39. The molecule has 0 radical (unpaired) electrons. The molecular formula is C27H29F3N2O4. The Morgan fingerprint density at radius 3 is 1.94 bits per heavy atom. The second-order valence-corrected chi connectivity index (χ2v) is 8.80. The molecule has 1 aromatic heterocycles. The van der Waals surface area contributed by atoms with Crippen LogP contribution < -0.4 is 14.4 Å². The Morgan fingerprint density at radius 2 is 1.44 bits per heavy atom. The summed E-state index contributed by atoms with van der Waals surface area (Å²) >= 11 is 0. The number of ether oxygens (including phenoxy) is 2. The summed E-state index contributed by atoms with van der Waals surface area (Å²) in [5.41, 5.74) is 1.59. The third kappa shape index (κ3) is 7.90. The lowest BCUT2D eigenvalue weighted by molar-refractivity contribution is -0.274. The fourth-order valence-corrected chi connectivity index (χ4v) is 3.43. The number of nitrogens with zero attached hydrogens (tertiary/aromatic N) is 2. The highest BCUT2D eigenvalue weighted by Crippen LogP contribution is 2.24. The zero-order chi connectivity index (χ0) is 26.3. The lowest BCUT2D eigenvalue weighted by Crippen LogP contribution is -2.37. The number of rotatable bonds is 11. The van der Waals surface area contributed by atoms with Crippen LogP contribution in [0.4, 0.5) is 19.0 Å². The van der Waals surface area contributed by atoms with E-state index in [4.69, 9.17) is 4.74 Å². The van der Waals surface area contributed by atoms with Crippen LogP contribution in [0.5, 0.6) is 11.5 Å². The highest BCUT2D eigenvalue weighted by molar-refractivity contribution is 5.76. The molecule has 0 aliphatic heterocycles. The summed E-state index contributed by atoms with van der Waals surface area (Å²) in [5, 5.41) is 9.24. The average molecular weight is 503 g/mol. The van der Waals surface area contributed by atoms with Crippen LogP contribution in [-0.4, -0.2) is 34.6 Å². The predicted molar refractivity (Wildman–Crippen MR) is 130 cm³/mol. The summed E-state index contributed by atoms with van der Waals surface area (Å²) in [5.74, 6) is -0.106. The minimum Gasteiger partial charge on any atom is -0.478 e. The van der Waals surface area contributed by atoms with Gasteiger partial charge in [-0.3, -0.25) is 0 Å². The fourth-order valence-electron chi connectivity index (χ4n) is 3.43. The van der Waals surface area contributed by atoms with E-state index in [1.165, 1.54) is 26.0 Å². The van der Waals surface area contributed by atoms with Gasteiger partial charge in [0.25, 0.3) is 0 Å². The van der Waals surface area contributed by atoms with Gasteiger partial charge in [0.1, 0.15) is 17.3 Å². The normalized spacial score (nSPS) is 11.7. The topological polar surface area (TPSA) is 71.9 Å². The zero-order valence-electron chi connectivity index (χ0n) is 20.4. The van der Waals surface area contributed by atoms with Gasteiger partial charge in [-0.25, -0.2) is 9.78 Å². The first-order valence-electron chi connectivity index (χ1n) is 11.5. The van der Waals surface area contributed by atoms with Crippen molar-refractivity contribution in [1.29, 1.82) is 0 Å². The summed E-state index contributed by atoms with van der Waals surface area (Å²) in [6.45, 7) is 6.06. The molecule has 2 aromatic carbocycles. The van der Waals surface area contributed by atoms with Crippen molar-refractivity contribution in [3.63, 3.8) is 0 Å². The van der Waals surface area contributed by atoms with Gasteiger partial charge in [-0.2, -0.15) is 0 Å². The Kier molecular flexibility index (Phi) is 8.45. The van der Waals surface area contributed by atoms with Gasteiger partial charge in [0.15, 0.2) is 5.60 Å². The van der Waals surface area contributed by atoms with Crippen molar-refractivity contribution in [2.75, 3.05) is 11.4 Å². The second kappa shape index (κ2) is 11.3. The number of pyridine rings is 1. The number of hydrogen-bond donors (Lipinski definition) is 1. The average Bonchev–Trinajstić information content (AvgIpc) is 2.82. The van der Waals surface area contributed by atoms with Crippen LogP contribution >= 0.6 is 0 Å². The number of anilines is 1. The van der Waals surface area contributed by atoms with Gasteiger partial charge in [-0.15, -0.1) is 13.2 Å². The van der Waals surface area contributed by atoms with Crippen molar-refractivity contribution in [3.8, 4) is 11.5 Å². The van der Waals surface area contributed by atoms with Gasteiger partial charge in [0.2, 0.25) is 0 Å². The van der Waals surface area contributed by atoms with Crippen LogP contribution in [0.2, 0.25) is 0 Å². The van der Waals surface area contributed by atoms with Gasteiger partial charge in [0, 0.05) is 19.3 Å². The molecule has 0 amide bonds. The fraction of sp³-hybridized carbons (Fsp3) is 0.333. The van der Waals surface area contributed by atoms with E-state index in [2.05, 4.69) is 14.6 Å². The zero-order valence-corrected chi connectivity index (χ0v) is 20.4. The van der Waals surface area contributed by atoms with Gasteiger partial charge in [0.05, 0.1) is 0 Å². The second-order valence-electron chi connectivity index (χ2n) is 8.80. The number of carbonyl (C=O) groups is 1. The largest absolute Gasteiger partial charge is 0.573 e. The number of alkyl halides is 3. The van der Waals surface area contributed by atoms with Gasteiger partial charge < -0.3 is 19.5 Å². The number of hydrogen-bond acceptors (Lipinski definition) is 5. The van der Waals surface area contributed by atoms with Crippen LogP contribution in [-0.2, 0) is 24.2 Å². The Hall–Kier alpha value is -3.75. The Labute approximate surface area is 208 Å². The van der Waals surface area contributed by atoms with E-state index in [1.54, 1.807) is 24.3 Å². The molecule has 0 aliphatic carbocycles. The first kappa shape index (κ1) is 26.8. The summed E-state index contributed by atoms with van der Waals surface area (Å²) in [4.78, 5) is 17.9. The van der Waals surface area contributed by atoms with Crippen LogP contribution in [0.25, 0.3) is 0 Å². The molecule has 1 N–H and O–H groups in total. The molecule has 3 rings (SSSR count). The molecule has 1 heterocycles. The summed E-state index contributed by atoms with van der Waals surface area (Å²) < 4.78 is 46.9. The molecule has 0 unspecified atom stereocenters. The number of carboxylic acids is 1. The maximum atomic E-state index is 12.5. The first-order chi connectivity index (χ1) is 16.9. The number of aromatic nitrogens is 1. The SMILES string of the molecule is CCc1ccc(N(CCc2ccc(OC(C)(C)C(=O)O)cc2)Cc2ccc(OC(F)(F)F)cc2)nc1. The van der Waals surface area contributed by atoms with E-state index in [9.17, 15) is 23.1 Å². The molecule has 0 fully saturated rings. The van der Waals surface area contributed by atoms with Crippen LogP contribution in [0.3, 0.4) is 0 Å². The Bertz CT molecular complexity index is 1130. The van der Waals surface area contributed by atoms with Crippen molar-refractivity contribution in [3.05, 3.63) is 83.6 Å². The predicted octanol–water partition coefficient (Wildman–Crippen LogP) is 6.03. The lowest BCUT2D eigenvalue weighted by Gasteiger charge is -2.25. The van der Waals surface area contributed by atoms with Gasteiger partial charge in [-0.05, 0) is 73.7 Å². The lowest BCUT2D eigenvalue weighted by atomic mass is 10.1. The molecule has 6 nitrogen and oxygen atoms in total. The standard InChI is InChI=1S/C27H29F3N2O4/c1-4-19-9-14-24(31-17-19)32(18-21-7-12-23(13-8-21)36-27(28,29)30)16-15-20-5-10-22(11-6-20)35-26(2,3)25(33)34/h5-14,17H,4,15-16,18H2,1-3H3,(H,33,34). The van der Waals surface area contributed by atoms with Gasteiger partial charge >= 0.3 is 12.3 Å². The third-order valence-electron chi connectivity index (χ3n) is 5.55. The van der Waals surface area contributed by atoms with Crippen molar-refractivity contribution < 1.29 is 32.5 Å². The van der Waals surface area contributed by atoms with E-state index in [1.807, 2.05) is 37.4 Å². The molecular weight excluding hydrogens is 473 g/mol. The number of aryl methyl sites for hydroxylation is 1. The maximum absolute atomic E-state index is 12.5. The molecule has 36 heavy (non-hydrogen) atoms. The number of benzene rings is 2. The van der Waals surface area contributed by atoms with Crippen molar-refractivity contribution >= 4 is 11.8 Å². The Balaban J connectivity index is 1.72. The summed E-state index contributed by atoms with van der Waals surface area (Å²) in [7, 11) is 0. The molecule has 0 aliphatic rings. The monoisotopic (exact) mass is 502 g/mol. The summed E-state index contributed by atoms with van der Waals surface area (Å²) in [6, 6.07) is 17.0. The van der Waals surface area contributed by atoms with Crippen molar-refractivity contribution in [2.45, 2.75) is 52.1 Å². The van der Waals surface area contributed by atoms with Crippen LogP contribution in [0.1, 0.15) is 37.5 Å². The van der Waals surface area contributed by atoms with Crippen LogP contribution in [0, 0.1) is 0 Å². The number of halogens is 3.